The molecule has 7 atom stereocenters. The number of carbonyl (C=O) groups is 4. The molecule has 4 aliphatic heterocycles. The topological polar surface area (TPSA) is 125 Å². The number of rotatable bonds is 9. The predicted molar refractivity (Wildman–Crippen MR) is 186 cm³/mol. The van der Waals surface area contributed by atoms with Crippen molar-refractivity contribution >= 4 is 39.6 Å². The number of aliphatic hydroxyl groups is 1. The van der Waals surface area contributed by atoms with Gasteiger partial charge < -0.3 is 29.7 Å². The highest BCUT2D eigenvalue weighted by Crippen LogP contribution is 2.59. The summed E-state index contributed by atoms with van der Waals surface area (Å²) in [4.78, 5) is 60.2. The number of nitrogens with one attached hydrogen (secondary N) is 1. The van der Waals surface area contributed by atoms with Crippen LogP contribution in [0, 0.1) is 11.8 Å². The fourth-order valence-electron chi connectivity index (χ4n) is 7.70. The number of amides is 3. The average Bonchev–Trinajstić information content (AvgIpc) is 3.69. The molecule has 2 aromatic rings. The molecule has 5 bridgehead atoms. The summed E-state index contributed by atoms with van der Waals surface area (Å²) in [6, 6.07) is 17.3. The number of esters is 1. The lowest BCUT2D eigenvalue weighted by Crippen LogP contribution is -2.55. The van der Waals surface area contributed by atoms with Crippen molar-refractivity contribution in [3.63, 3.8) is 0 Å². The van der Waals surface area contributed by atoms with Crippen LogP contribution >= 0.6 is 15.9 Å². The van der Waals surface area contributed by atoms with Crippen LogP contribution < -0.4 is 5.32 Å². The molecule has 49 heavy (non-hydrogen) atoms. The van der Waals surface area contributed by atoms with Crippen molar-refractivity contribution in [3.05, 3.63) is 94.5 Å². The molecule has 10 nitrogen and oxygen atoms in total. The first-order valence-electron chi connectivity index (χ1n) is 17.2. The number of cyclic esters (lactones) is 1. The first-order valence-corrected chi connectivity index (χ1v) is 18.0. The quantitative estimate of drug-likeness (QED) is 0.220. The smallest absolute Gasteiger partial charge is 0.313 e. The van der Waals surface area contributed by atoms with Gasteiger partial charge in [-0.05, 0) is 43.4 Å². The minimum Gasteiger partial charge on any atom is -0.455 e. The van der Waals surface area contributed by atoms with Gasteiger partial charge >= 0.3 is 5.97 Å². The summed E-state index contributed by atoms with van der Waals surface area (Å²) < 4.78 is 13.5. The number of aliphatic hydroxyl groups excluding tert-OH is 1. The van der Waals surface area contributed by atoms with E-state index in [4.69, 9.17) is 9.47 Å². The van der Waals surface area contributed by atoms with Gasteiger partial charge in [-0.3, -0.25) is 19.2 Å². The summed E-state index contributed by atoms with van der Waals surface area (Å²) >= 11 is 3.63. The zero-order valence-corrected chi connectivity index (χ0v) is 29.3. The molecule has 2 fully saturated rings. The van der Waals surface area contributed by atoms with Crippen LogP contribution in [0.25, 0.3) is 0 Å². The van der Waals surface area contributed by atoms with Crippen molar-refractivity contribution in [2.45, 2.75) is 81.9 Å². The lowest BCUT2D eigenvalue weighted by Gasteiger charge is -2.36. The molecule has 11 heteroatoms. The van der Waals surface area contributed by atoms with E-state index in [1.54, 1.807) is 16.7 Å². The second-order valence-electron chi connectivity index (χ2n) is 13.3. The third-order valence-corrected chi connectivity index (χ3v) is 10.7. The maximum atomic E-state index is 14.9. The molecule has 0 aliphatic carbocycles. The number of allylic oxidation sites excluding steroid dienone is 1. The Balaban J connectivity index is 1.41. The Morgan fingerprint density at radius 1 is 0.918 bits per heavy atom. The molecule has 2 saturated heterocycles. The molecule has 0 saturated carbocycles. The van der Waals surface area contributed by atoms with Crippen LogP contribution in [0.3, 0.4) is 0 Å². The molecule has 0 aromatic heterocycles. The molecule has 0 unspecified atom stereocenters. The maximum Gasteiger partial charge on any atom is 0.313 e. The van der Waals surface area contributed by atoms with Crippen LogP contribution in [0.1, 0.15) is 62.7 Å². The number of nitrogens with zero attached hydrogens (tertiary/aromatic N) is 2. The van der Waals surface area contributed by atoms with Crippen molar-refractivity contribution in [1.82, 2.24) is 15.1 Å². The Morgan fingerprint density at radius 2 is 1.63 bits per heavy atom. The molecular weight excluding hydrogens is 690 g/mol. The monoisotopic (exact) mass is 733 g/mol. The lowest BCUT2D eigenvalue weighted by molar-refractivity contribution is -0.161. The zero-order chi connectivity index (χ0) is 34.5. The normalized spacial score (nSPS) is 31.0. The number of carbonyl (C=O) groups excluding carboxylic acids is 4. The van der Waals surface area contributed by atoms with E-state index in [9.17, 15) is 24.3 Å². The highest BCUT2D eigenvalue weighted by atomic mass is 79.9. The van der Waals surface area contributed by atoms with Gasteiger partial charge in [-0.25, -0.2) is 0 Å². The third-order valence-electron chi connectivity index (χ3n) is 10.0. The van der Waals surface area contributed by atoms with Gasteiger partial charge in [-0.2, -0.15) is 0 Å². The van der Waals surface area contributed by atoms with E-state index in [0.717, 1.165) is 18.4 Å². The Bertz CT molecular complexity index is 1580. The Hall–Kier alpha value is -3.80. The van der Waals surface area contributed by atoms with Gasteiger partial charge in [-0.1, -0.05) is 102 Å². The van der Waals surface area contributed by atoms with Crippen molar-refractivity contribution in [1.29, 1.82) is 0 Å². The number of hydrogen-bond donors (Lipinski definition) is 2. The summed E-state index contributed by atoms with van der Waals surface area (Å²) in [7, 11) is 0. The largest absolute Gasteiger partial charge is 0.455 e. The van der Waals surface area contributed by atoms with Crippen molar-refractivity contribution in [2.75, 3.05) is 19.7 Å². The summed E-state index contributed by atoms with van der Waals surface area (Å²) in [6.07, 6.45) is 7.54. The maximum absolute atomic E-state index is 14.9. The molecule has 2 N–H and O–H groups in total. The van der Waals surface area contributed by atoms with Crippen molar-refractivity contribution < 1.29 is 33.8 Å². The summed E-state index contributed by atoms with van der Waals surface area (Å²) in [6.45, 7) is 2.77. The molecule has 2 aromatic carbocycles. The van der Waals surface area contributed by atoms with Crippen LogP contribution in [0.15, 0.2) is 83.4 Å². The fraction of sp³-hybridized carbons (Fsp3) is 0.474. The van der Waals surface area contributed by atoms with Crippen LogP contribution in [-0.2, 0) is 35.2 Å². The summed E-state index contributed by atoms with van der Waals surface area (Å²) in [5, 5.41) is 12.3. The number of likely N-dealkylation sites (tertiary alicyclic amines) is 1. The second-order valence-corrected chi connectivity index (χ2v) is 14.3. The van der Waals surface area contributed by atoms with Crippen molar-refractivity contribution in [3.8, 4) is 0 Å². The highest BCUT2D eigenvalue weighted by Gasteiger charge is 2.74. The van der Waals surface area contributed by atoms with Gasteiger partial charge in [0.15, 0.2) is 0 Å². The van der Waals surface area contributed by atoms with Gasteiger partial charge in [0.2, 0.25) is 17.7 Å². The van der Waals surface area contributed by atoms with Gasteiger partial charge in [0.05, 0.1) is 12.0 Å². The minimum absolute atomic E-state index is 0.0982. The number of hydrogen-bond acceptors (Lipinski definition) is 7. The predicted octanol–water partition coefficient (Wildman–Crippen LogP) is 4.58. The first-order chi connectivity index (χ1) is 23.7. The molecule has 4 heterocycles. The molecular formula is C38H44BrN3O7. The van der Waals surface area contributed by atoms with E-state index in [0.29, 0.717) is 42.4 Å². The van der Waals surface area contributed by atoms with Crippen LogP contribution in [-0.4, -0.2) is 82.1 Å². The standard InChI is InChI=1S/C38H44BrN3O7/c1-25-32(27-17-9-5-10-18-27)48-37(47)30-31-35(45)42(21-13-2-3-14-22-43)34(38(31)23-28(39)33(30)49-38)36(46)41(24-26-15-7-4-8-16-26)20-12-6-11-19-29(44)40-25/h4-10,12,15-18,23,25,30-34,43H,2-3,11,13-14,19-22,24H2,1H3,(H,40,44)/b12-6-/t25-,30+,31-,32+,33+,34+,38-/m1/s1. The SMILES string of the molecule is C[C@H]1NC(=O)CC/C=C\CN(Cc2ccccc2)C(=O)[C@@H]2N(CCCCCCO)C(=O)[C@H]3[C@H](C(=O)O[C@@H]1c1ccccc1)[C@H]1O[C@@]23C=C1Br. The Morgan fingerprint density at radius 3 is 2.37 bits per heavy atom. The van der Waals surface area contributed by atoms with E-state index < -0.39 is 47.7 Å². The fourth-order valence-corrected chi connectivity index (χ4v) is 8.44. The van der Waals surface area contributed by atoms with E-state index >= 15 is 0 Å². The molecule has 1 spiro atoms. The summed E-state index contributed by atoms with van der Waals surface area (Å²) in [5.74, 6) is -3.36. The number of unbranched alkanes of at least 4 members (excludes halogenated alkanes) is 3. The lowest BCUT2D eigenvalue weighted by atomic mass is 9.74. The van der Waals surface area contributed by atoms with E-state index in [-0.39, 0.29) is 37.3 Å². The van der Waals surface area contributed by atoms with E-state index in [1.165, 1.54) is 0 Å². The molecule has 260 valence electrons. The number of fused-ring (bicyclic) bond motifs is 2. The van der Waals surface area contributed by atoms with Crippen LogP contribution in [0.5, 0.6) is 0 Å². The number of ether oxygens (including phenoxy) is 2. The van der Waals surface area contributed by atoms with Gasteiger partial charge in [-0.15, -0.1) is 0 Å². The first kappa shape index (κ1) is 35.0. The molecule has 0 radical (unpaired) electrons. The Kier molecular flexibility index (Phi) is 11.0. The van der Waals surface area contributed by atoms with Crippen molar-refractivity contribution in [2.24, 2.45) is 11.8 Å². The minimum atomic E-state index is -1.37. The van der Waals surface area contributed by atoms with Crippen LogP contribution in [0.2, 0.25) is 0 Å². The van der Waals surface area contributed by atoms with Crippen LogP contribution in [0.4, 0.5) is 0 Å². The van der Waals surface area contributed by atoms with Gasteiger partial charge in [0.1, 0.15) is 29.8 Å². The third kappa shape index (κ3) is 7.11. The molecule has 6 rings (SSSR count). The van der Waals surface area contributed by atoms with E-state index in [2.05, 4.69) is 21.2 Å². The molecule has 3 amide bonds. The van der Waals surface area contributed by atoms with Gasteiger partial charge in [0, 0.05) is 37.1 Å². The zero-order valence-electron chi connectivity index (χ0n) is 27.7. The average molecular weight is 735 g/mol. The summed E-state index contributed by atoms with van der Waals surface area (Å²) in [5.41, 5.74) is 0.266. The Labute approximate surface area is 295 Å². The van der Waals surface area contributed by atoms with Gasteiger partial charge in [0.25, 0.3) is 0 Å². The highest BCUT2D eigenvalue weighted by molar-refractivity contribution is 9.11. The second kappa shape index (κ2) is 15.4. The number of halogens is 1. The van der Waals surface area contributed by atoms with E-state index in [1.807, 2.05) is 78.9 Å². The number of benzene rings is 2. The molecule has 4 aliphatic rings.